The van der Waals surface area contributed by atoms with Crippen LogP contribution >= 0.6 is 11.5 Å². The van der Waals surface area contributed by atoms with Gasteiger partial charge in [-0.1, -0.05) is 19.1 Å². The third-order valence-corrected chi connectivity index (χ3v) is 3.08. The van der Waals surface area contributed by atoms with Crippen molar-refractivity contribution in [3.63, 3.8) is 0 Å². The maximum atomic E-state index is 5.63. The highest BCUT2D eigenvalue weighted by atomic mass is 32.1. The third kappa shape index (κ3) is 3.42. The normalized spacial score (nSPS) is 10.4. The number of nitrogen functional groups attached to an aromatic ring is 1. The number of rotatable bonds is 5. The van der Waals surface area contributed by atoms with Crippen molar-refractivity contribution in [2.24, 2.45) is 0 Å². The molecule has 2 rings (SSSR count). The zero-order chi connectivity index (χ0) is 12.1. The number of aromatic nitrogens is 2. The Morgan fingerprint density at radius 3 is 2.76 bits per heavy atom. The topological polar surface area (TPSA) is 63.8 Å². The number of anilines is 2. The number of hydrogen-bond acceptors (Lipinski definition) is 5. The lowest BCUT2D eigenvalue weighted by Gasteiger charge is -2.02. The smallest absolute Gasteiger partial charge is 0.202 e. The van der Waals surface area contributed by atoms with Crippen LogP contribution in [0.1, 0.15) is 24.7 Å². The van der Waals surface area contributed by atoms with Gasteiger partial charge in [0, 0.05) is 30.2 Å². The van der Waals surface area contributed by atoms with Gasteiger partial charge < -0.3 is 11.1 Å². The molecule has 1 heterocycles. The summed E-state index contributed by atoms with van der Waals surface area (Å²) in [4.78, 5) is 4.40. The molecule has 0 aliphatic carbocycles. The Kier molecular flexibility index (Phi) is 3.93. The quantitative estimate of drug-likeness (QED) is 0.798. The van der Waals surface area contributed by atoms with Gasteiger partial charge in [0.2, 0.25) is 5.13 Å². The molecule has 0 fully saturated rings. The fourth-order valence-corrected chi connectivity index (χ4v) is 2.07. The predicted octanol–water partition coefficient (Wildman–Crippen LogP) is 2.68. The summed E-state index contributed by atoms with van der Waals surface area (Å²) in [5.41, 5.74) is 7.60. The molecule has 0 aliphatic heterocycles. The van der Waals surface area contributed by atoms with E-state index in [2.05, 4.69) is 21.6 Å². The second-order valence-electron chi connectivity index (χ2n) is 3.86. The number of nitrogens with one attached hydrogen (secondary N) is 1. The summed E-state index contributed by atoms with van der Waals surface area (Å²) in [5, 5.41) is 4.14. The van der Waals surface area contributed by atoms with Crippen LogP contribution in [0.3, 0.4) is 0 Å². The highest BCUT2D eigenvalue weighted by Gasteiger charge is 2.02. The first-order chi connectivity index (χ1) is 8.28. The van der Waals surface area contributed by atoms with Gasteiger partial charge >= 0.3 is 0 Å². The van der Waals surface area contributed by atoms with Crippen LogP contribution in [0.15, 0.2) is 24.3 Å². The lowest BCUT2D eigenvalue weighted by atomic mass is 10.2. The Labute approximate surface area is 105 Å². The first kappa shape index (κ1) is 11.9. The zero-order valence-corrected chi connectivity index (χ0v) is 10.6. The molecule has 1 aromatic carbocycles. The van der Waals surface area contributed by atoms with Crippen LogP contribution in [-0.4, -0.2) is 9.36 Å². The van der Waals surface area contributed by atoms with Gasteiger partial charge in [0.1, 0.15) is 5.82 Å². The van der Waals surface area contributed by atoms with Crippen molar-refractivity contribution in [1.29, 1.82) is 0 Å². The number of nitrogens with two attached hydrogens (primary N) is 1. The first-order valence-electron chi connectivity index (χ1n) is 5.69. The first-order valence-corrected chi connectivity index (χ1v) is 6.46. The molecule has 0 aliphatic rings. The molecule has 0 amide bonds. The van der Waals surface area contributed by atoms with Gasteiger partial charge in [-0.15, -0.1) is 0 Å². The summed E-state index contributed by atoms with van der Waals surface area (Å²) in [5.74, 6) is 0.928. The minimum absolute atomic E-state index is 0.751. The average Bonchev–Trinajstić information content (AvgIpc) is 2.77. The van der Waals surface area contributed by atoms with Crippen molar-refractivity contribution >= 4 is 22.4 Å². The van der Waals surface area contributed by atoms with E-state index in [0.29, 0.717) is 0 Å². The average molecular weight is 248 g/mol. The summed E-state index contributed by atoms with van der Waals surface area (Å²) in [7, 11) is 0. The molecule has 1 aromatic heterocycles. The Hall–Kier alpha value is -1.62. The van der Waals surface area contributed by atoms with Crippen LogP contribution in [0.25, 0.3) is 0 Å². The van der Waals surface area contributed by atoms with Crippen LogP contribution in [0, 0.1) is 0 Å². The molecule has 0 atom stereocenters. The Bertz CT molecular complexity index is 464. The van der Waals surface area contributed by atoms with Crippen LogP contribution < -0.4 is 11.1 Å². The number of nitrogens with zero attached hydrogens (tertiary/aromatic N) is 2. The largest absolute Gasteiger partial charge is 0.399 e. The van der Waals surface area contributed by atoms with Crippen LogP contribution in [-0.2, 0) is 13.0 Å². The molecule has 0 saturated carbocycles. The summed E-state index contributed by atoms with van der Waals surface area (Å²) in [6.45, 7) is 2.88. The van der Waals surface area contributed by atoms with Crippen molar-refractivity contribution in [2.75, 3.05) is 11.1 Å². The van der Waals surface area contributed by atoms with Gasteiger partial charge in [0.05, 0.1) is 0 Å². The molecule has 0 radical (unpaired) electrons. The molecule has 0 unspecified atom stereocenters. The molecule has 2 aromatic rings. The Balaban J connectivity index is 1.90. The van der Waals surface area contributed by atoms with Crippen molar-refractivity contribution in [3.8, 4) is 0 Å². The molecule has 0 spiro atoms. The highest BCUT2D eigenvalue weighted by Crippen LogP contribution is 2.14. The molecular formula is C12H16N4S. The lowest BCUT2D eigenvalue weighted by Crippen LogP contribution is -1.99. The maximum absolute atomic E-state index is 5.63. The lowest BCUT2D eigenvalue weighted by molar-refractivity contribution is 0.861. The monoisotopic (exact) mass is 248 g/mol. The fourth-order valence-electron chi connectivity index (χ4n) is 1.46. The second kappa shape index (κ2) is 5.63. The molecule has 3 N–H and O–H groups in total. The number of hydrogen-bond donors (Lipinski definition) is 2. The zero-order valence-electron chi connectivity index (χ0n) is 9.81. The van der Waals surface area contributed by atoms with Gasteiger partial charge in [-0.25, -0.2) is 4.98 Å². The second-order valence-corrected chi connectivity index (χ2v) is 4.61. The van der Waals surface area contributed by atoms with Crippen molar-refractivity contribution in [3.05, 3.63) is 35.7 Å². The Morgan fingerprint density at radius 2 is 2.06 bits per heavy atom. The van der Waals surface area contributed by atoms with E-state index in [4.69, 9.17) is 5.73 Å². The van der Waals surface area contributed by atoms with E-state index in [1.165, 1.54) is 17.1 Å². The summed E-state index contributed by atoms with van der Waals surface area (Å²) in [6, 6.07) is 7.83. The Morgan fingerprint density at radius 1 is 1.29 bits per heavy atom. The minimum atomic E-state index is 0.751. The molecule has 0 saturated heterocycles. The molecular weight excluding hydrogens is 232 g/mol. The van der Waals surface area contributed by atoms with Gasteiger partial charge in [-0.3, -0.25) is 0 Å². The van der Waals surface area contributed by atoms with Crippen molar-refractivity contribution < 1.29 is 0 Å². The maximum Gasteiger partial charge on any atom is 0.202 e. The van der Waals surface area contributed by atoms with E-state index in [1.807, 2.05) is 24.3 Å². The van der Waals surface area contributed by atoms with E-state index in [-0.39, 0.29) is 0 Å². The minimum Gasteiger partial charge on any atom is -0.399 e. The SMILES string of the molecule is CCCc1nsc(NCc2ccc(N)cc2)n1. The highest BCUT2D eigenvalue weighted by molar-refractivity contribution is 7.09. The fraction of sp³-hybridized carbons (Fsp3) is 0.333. The molecule has 90 valence electrons. The molecule has 17 heavy (non-hydrogen) atoms. The third-order valence-electron chi connectivity index (χ3n) is 2.37. The van der Waals surface area contributed by atoms with E-state index in [9.17, 15) is 0 Å². The van der Waals surface area contributed by atoms with Crippen LogP contribution in [0.2, 0.25) is 0 Å². The van der Waals surface area contributed by atoms with E-state index in [1.54, 1.807) is 0 Å². The van der Waals surface area contributed by atoms with Gasteiger partial charge in [-0.05, 0) is 24.1 Å². The van der Waals surface area contributed by atoms with Crippen molar-refractivity contribution in [2.45, 2.75) is 26.3 Å². The standard InChI is InChI=1S/C12H16N4S/c1-2-3-11-15-12(17-16-11)14-8-9-4-6-10(13)7-5-9/h4-7H,2-3,8,13H2,1H3,(H,14,15,16). The predicted molar refractivity (Wildman–Crippen MR) is 72.1 cm³/mol. The summed E-state index contributed by atoms with van der Waals surface area (Å²) in [6.07, 6.45) is 2.02. The van der Waals surface area contributed by atoms with Gasteiger partial charge in [-0.2, -0.15) is 4.37 Å². The molecule has 4 nitrogen and oxygen atoms in total. The van der Waals surface area contributed by atoms with Crippen LogP contribution in [0.4, 0.5) is 10.8 Å². The van der Waals surface area contributed by atoms with E-state index in [0.717, 1.165) is 36.0 Å². The molecule has 5 heteroatoms. The van der Waals surface area contributed by atoms with Gasteiger partial charge in [0.15, 0.2) is 0 Å². The van der Waals surface area contributed by atoms with Crippen molar-refractivity contribution in [1.82, 2.24) is 9.36 Å². The number of benzene rings is 1. The summed E-state index contributed by atoms with van der Waals surface area (Å²) >= 11 is 1.41. The van der Waals surface area contributed by atoms with Gasteiger partial charge in [0.25, 0.3) is 0 Å². The molecule has 0 bridgehead atoms. The number of aryl methyl sites for hydroxylation is 1. The van der Waals surface area contributed by atoms with Crippen LogP contribution in [0.5, 0.6) is 0 Å². The summed E-state index contributed by atoms with van der Waals surface area (Å²) < 4.78 is 4.28. The van der Waals surface area contributed by atoms with E-state index < -0.39 is 0 Å². The van der Waals surface area contributed by atoms with E-state index >= 15 is 0 Å².